The molecule has 186 valence electrons. The average Bonchev–Trinajstić information content (AvgIpc) is 3.07. The topological polar surface area (TPSA) is 116 Å². The third-order valence-electron chi connectivity index (χ3n) is 4.40. The van der Waals surface area contributed by atoms with E-state index in [2.05, 4.69) is 40.1 Å². The first-order valence-electron chi connectivity index (χ1n) is 9.44. The van der Waals surface area contributed by atoms with Gasteiger partial charge in [0.25, 0.3) is 0 Å². The molecule has 0 atom stereocenters. The summed E-state index contributed by atoms with van der Waals surface area (Å²) in [7, 11) is 2.21. The fourth-order valence-corrected chi connectivity index (χ4v) is 2.83. The Morgan fingerprint density at radius 2 is 1.58 bits per heavy atom. The van der Waals surface area contributed by atoms with Crippen LogP contribution in [0.25, 0.3) is 11.0 Å². The van der Waals surface area contributed by atoms with Crippen molar-refractivity contribution in [3.8, 4) is 0 Å². The van der Waals surface area contributed by atoms with Crippen LogP contribution in [0, 0.1) is 6.92 Å². The summed E-state index contributed by atoms with van der Waals surface area (Å²) >= 11 is 0. The molecule has 33 heavy (non-hydrogen) atoms. The molecule has 1 fully saturated rings. The van der Waals surface area contributed by atoms with Crippen molar-refractivity contribution in [2.75, 3.05) is 20.3 Å². The van der Waals surface area contributed by atoms with Crippen LogP contribution in [0.4, 0.5) is 26.3 Å². The summed E-state index contributed by atoms with van der Waals surface area (Å²) in [4.78, 5) is 28.0. The molecule has 0 saturated carbocycles. The van der Waals surface area contributed by atoms with Crippen LogP contribution in [-0.4, -0.2) is 75.7 Å². The molecule has 1 aromatic heterocycles. The predicted octanol–water partition coefficient (Wildman–Crippen LogP) is 3.75. The zero-order valence-corrected chi connectivity index (χ0v) is 17.6. The molecular weight excluding hydrogens is 464 g/mol. The van der Waals surface area contributed by atoms with Gasteiger partial charge in [-0.25, -0.2) is 14.6 Å². The van der Waals surface area contributed by atoms with E-state index < -0.39 is 24.3 Å². The van der Waals surface area contributed by atoms with E-state index in [1.165, 1.54) is 5.56 Å². The van der Waals surface area contributed by atoms with Crippen LogP contribution in [0.15, 0.2) is 18.2 Å². The highest BCUT2D eigenvalue weighted by Gasteiger charge is 2.38. The van der Waals surface area contributed by atoms with E-state index in [1.54, 1.807) is 0 Å². The quantitative estimate of drug-likeness (QED) is 0.565. The Kier molecular flexibility index (Phi) is 10.1. The van der Waals surface area contributed by atoms with Crippen molar-refractivity contribution in [1.29, 1.82) is 0 Å². The zero-order valence-electron chi connectivity index (χ0n) is 17.6. The molecule has 0 spiro atoms. The van der Waals surface area contributed by atoms with E-state index in [1.807, 2.05) is 6.92 Å². The molecule has 2 heterocycles. The van der Waals surface area contributed by atoms with Gasteiger partial charge in [-0.05, 0) is 44.5 Å². The fraction of sp³-hybridized carbons (Fsp3) is 0.526. The van der Waals surface area contributed by atoms with Gasteiger partial charge in [0.05, 0.1) is 11.0 Å². The number of hydrogen-bond acceptors (Lipinski definition) is 5. The van der Waals surface area contributed by atoms with Gasteiger partial charge in [0, 0.05) is 25.8 Å². The molecule has 8 nitrogen and oxygen atoms in total. The number of carboxylic acids is 2. The third-order valence-corrected chi connectivity index (χ3v) is 4.40. The Balaban J connectivity index is 0.000000324. The van der Waals surface area contributed by atoms with Crippen LogP contribution in [0.5, 0.6) is 0 Å². The van der Waals surface area contributed by atoms with Gasteiger partial charge in [0.1, 0.15) is 5.82 Å². The number of nitrogens with zero attached hydrogens (tertiary/aromatic N) is 2. The van der Waals surface area contributed by atoms with Crippen molar-refractivity contribution >= 4 is 23.0 Å². The van der Waals surface area contributed by atoms with Gasteiger partial charge in [-0.1, -0.05) is 6.07 Å². The minimum atomic E-state index is -5.08. The molecule has 3 N–H and O–H groups in total. The molecule has 0 aliphatic carbocycles. The molecule has 0 bridgehead atoms. The van der Waals surface area contributed by atoms with E-state index in [9.17, 15) is 26.3 Å². The number of aliphatic carboxylic acids is 2. The molecule has 1 saturated heterocycles. The normalized spacial score (nSPS) is 14.8. The van der Waals surface area contributed by atoms with E-state index in [0.29, 0.717) is 6.04 Å². The lowest BCUT2D eigenvalue weighted by Crippen LogP contribution is -2.36. The van der Waals surface area contributed by atoms with Crippen LogP contribution >= 0.6 is 0 Å². The molecule has 1 aliphatic heterocycles. The van der Waals surface area contributed by atoms with E-state index in [0.717, 1.165) is 49.5 Å². The van der Waals surface area contributed by atoms with Crippen LogP contribution in [0.1, 0.15) is 24.2 Å². The summed E-state index contributed by atoms with van der Waals surface area (Å²) in [5.41, 5.74) is 3.52. The van der Waals surface area contributed by atoms with Gasteiger partial charge in [0.15, 0.2) is 0 Å². The van der Waals surface area contributed by atoms with Crippen molar-refractivity contribution < 1.29 is 50.9 Å². The lowest BCUT2D eigenvalue weighted by atomic mass is 10.1. The van der Waals surface area contributed by atoms with Crippen LogP contribution in [-0.2, 0) is 20.9 Å². The van der Waals surface area contributed by atoms with E-state index in [-0.39, 0.29) is 0 Å². The summed E-state index contributed by atoms with van der Waals surface area (Å²) in [6, 6.07) is 7.14. The van der Waals surface area contributed by atoms with Crippen molar-refractivity contribution in [2.45, 2.75) is 44.7 Å². The van der Waals surface area contributed by atoms with Gasteiger partial charge in [-0.2, -0.15) is 26.3 Å². The summed E-state index contributed by atoms with van der Waals surface area (Å²) in [5, 5.41) is 14.2. The number of fused-ring (bicyclic) bond motifs is 1. The summed E-state index contributed by atoms with van der Waals surface area (Å²) in [6.07, 6.45) is -7.89. The maximum absolute atomic E-state index is 10.6. The second-order valence-electron chi connectivity index (χ2n) is 7.04. The molecule has 0 unspecified atom stereocenters. The largest absolute Gasteiger partial charge is 0.490 e. The first-order chi connectivity index (χ1) is 15.1. The van der Waals surface area contributed by atoms with Crippen molar-refractivity contribution in [3.05, 3.63) is 29.6 Å². The van der Waals surface area contributed by atoms with Gasteiger partial charge >= 0.3 is 24.3 Å². The highest BCUT2D eigenvalue weighted by Crippen LogP contribution is 2.18. The number of nitrogens with one attached hydrogen (secondary N) is 1. The first kappa shape index (κ1) is 28.2. The second-order valence-corrected chi connectivity index (χ2v) is 7.04. The summed E-state index contributed by atoms with van der Waals surface area (Å²) in [6.45, 7) is 4.77. The number of aromatic amines is 1. The lowest BCUT2D eigenvalue weighted by molar-refractivity contribution is -0.193. The third kappa shape index (κ3) is 10.1. The number of hydrogen-bond donors (Lipinski definition) is 3. The van der Waals surface area contributed by atoms with Crippen molar-refractivity contribution in [3.63, 3.8) is 0 Å². The first-order valence-corrected chi connectivity index (χ1v) is 9.44. The zero-order chi connectivity index (χ0) is 25.4. The molecule has 0 amide bonds. The van der Waals surface area contributed by atoms with E-state index in [4.69, 9.17) is 24.5 Å². The lowest BCUT2D eigenvalue weighted by Gasteiger charge is -2.31. The number of benzene rings is 1. The van der Waals surface area contributed by atoms with Gasteiger partial charge in [0.2, 0.25) is 0 Å². The predicted molar refractivity (Wildman–Crippen MR) is 104 cm³/mol. The van der Waals surface area contributed by atoms with Crippen molar-refractivity contribution in [1.82, 2.24) is 14.9 Å². The molecular formula is C19H23F6N3O5. The Labute approximate surface area is 184 Å². The van der Waals surface area contributed by atoms with Gasteiger partial charge in [-0.3, -0.25) is 4.90 Å². The standard InChI is InChI=1S/C15H21N3O.2C2HF3O2/c1-11-16-14-4-3-12(9-15(14)17-11)10-18(2)13-5-7-19-8-6-13;2*3-2(4,5)1(6)7/h3-4,9,13H,5-8,10H2,1-2H3,(H,16,17);2*(H,6,7). The number of H-pyrrole nitrogens is 1. The van der Waals surface area contributed by atoms with E-state index >= 15 is 0 Å². The number of ether oxygens (including phenoxy) is 1. The highest BCUT2D eigenvalue weighted by molar-refractivity contribution is 5.75. The average molecular weight is 487 g/mol. The number of halogens is 6. The van der Waals surface area contributed by atoms with Gasteiger partial charge in [-0.15, -0.1) is 0 Å². The SMILES string of the molecule is Cc1nc2ccc(CN(C)C3CCOCC3)cc2[nH]1.O=C(O)C(F)(F)F.O=C(O)C(F)(F)F. The van der Waals surface area contributed by atoms with Gasteiger partial charge < -0.3 is 19.9 Å². The van der Waals surface area contributed by atoms with Crippen LogP contribution < -0.4 is 0 Å². The monoisotopic (exact) mass is 487 g/mol. The molecule has 3 rings (SSSR count). The summed E-state index contributed by atoms with van der Waals surface area (Å²) in [5.74, 6) is -4.54. The van der Waals surface area contributed by atoms with Crippen molar-refractivity contribution in [2.24, 2.45) is 0 Å². The number of aryl methyl sites for hydroxylation is 1. The number of carboxylic acid groups (broad SMARTS) is 2. The number of alkyl halides is 6. The number of imidazole rings is 1. The molecule has 14 heteroatoms. The number of aromatic nitrogens is 2. The summed E-state index contributed by atoms with van der Waals surface area (Å²) < 4.78 is 68.9. The maximum Gasteiger partial charge on any atom is 0.490 e. The number of rotatable bonds is 3. The minimum absolute atomic E-state index is 0.646. The highest BCUT2D eigenvalue weighted by atomic mass is 19.4. The molecule has 2 aromatic rings. The second kappa shape index (κ2) is 11.8. The Morgan fingerprint density at radius 3 is 2.03 bits per heavy atom. The molecule has 0 radical (unpaired) electrons. The van der Waals surface area contributed by atoms with Crippen LogP contribution in [0.2, 0.25) is 0 Å². The Bertz CT molecular complexity index is 899. The number of carbonyl (C=O) groups is 2. The Morgan fingerprint density at radius 1 is 1.09 bits per heavy atom. The van der Waals surface area contributed by atoms with Crippen LogP contribution in [0.3, 0.4) is 0 Å². The fourth-order valence-electron chi connectivity index (χ4n) is 2.83. The minimum Gasteiger partial charge on any atom is -0.475 e. The molecule has 1 aromatic carbocycles. The Hall–Kier alpha value is -2.87. The molecule has 1 aliphatic rings. The smallest absolute Gasteiger partial charge is 0.475 e. The maximum atomic E-state index is 10.6.